The van der Waals surface area contributed by atoms with E-state index in [1.54, 1.807) is 18.2 Å². The van der Waals surface area contributed by atoms with Crippen LogP contribution < -0.4 is 5.32 Å². The molecule has 4 heteroatoms. The second-order valence-corrected chi connectivity index (χ2v) is 4.72. The van der Waals surface area contributed by atoms with E-state index >= 15 is 0 Å². The summed E-state index contributed by atoms with van der Waals surface area (Å²) in [5, 5.41) is 21.4. The lowest BCUT2D eigenvalue weighted by Crippen LogP contribution is -2.18. The molecule has 3 nitrogen and oxygen atoms in total. The fourth-order valence-corrected chi connectivity index (χ4v) is 2.04. The lowest BCUT2D eigenvalue weighted by Gasteiger charge is -2.16. The molecule has 1 atom stereocenters. The molecule has 2 aromatic rings. The molecular formula is C16H15FN2O. The Labute approximate surface area is 117 Å². The molecule has 2 rings (SSSR count). The van der Waals surface area contributed by atoms with Gasteiger partial charge >= 0.3 is 0 Å². The third kappa shape index (κ3) is 3.48. The number of hydrogen-bond donors (Lipinski definition) is 2. The highest BCUT2D eigenvalue weighted by molar-refractivity contribution is 5.58. The van der Waals surface area contributed by atoms with Crippen molar-refractivity contribution < 1.29 is 9.50 Å². The van der Waals surface area contributed by atoms with E-state index in [1.807, 2.05) is 25.1 Å². The highest BCUT2D eigenvalue weighted by Gasteiger charge is 2.08. The Bertz CT molecular complexity index is 632. The van der Waals surface area contributed by atoms with Gasteiger partial charge in [0.1, 0.15) is 17.6 Å². The molecule has 2 aromatic carbocycles. The number of phenols is 1. The maximum Gasteiger partial charge on any atom is 0.124 e. The van der Waals surface area contributed by atoms with Gasteiger partial charge in [-0.15, -0.1) is 0 Å². The molecule has 0 heterocycles. The molecule has 0 bridgehead atoms. The summed E-state index contributed by atoms with van der Waals surface area (Å²) in [6, 6.07) is 13.2. The van der Waals surface area contributed by atoms with Crippen LogP contribution in [0.25, 0.3) is 0 Å². The van der Waals surface area contributed by atoms with Crippen LogP contribution in [-0.4, -0.2) is 11.1 Å². The van der Waals surface area contributed by atoms with E-state index < -0.39 is 5.82 Å². The monoisotopic (exact) mass is 270 g/mol. The van der Waals surface area contributed by atoms with Gasteiger partial charge in [0.2, 0.25) is 0 Å². The Hall–Kier alpha value is -2.54. The second-order valence-electron chi connectivity index (χ2n) is 4.72. The van der Waals surface area contributed by atoms with Gasteiger partial charge in [0, 0.05) is 6.04 Å². The molecule has 0 spiro atoms. The number of aromatic hydroxyl groups is 1. The predicted octanol–water partition coefficient (Wildman–Crippen LogP) is 3.45. The number of phenolic OH excluding ortho intramolecular Hbond substituents is 1. The van der Waals surface area contributed by atoms with Crippen molar-refractivity contribution in [3.8, 4) is 11.8 Å². The van der Waals surface area contributed by atoms with Crippen molar-refractivity contribution in [2.24, 2.45) is 0 Å². The average Bonchev–Trinajstić information content (AvgIpc) is 2.43. The minimum Gasteiger partial charge on any atom is -0.508 e. The van der Waals surface area contributed by atoms with Crippen molar-refractivity contribution >= 4 is 5.69 Å². The molecule has 0 saturated heterocycles. The fourth-order valence-electron chi connectivity index (χ4n) is 2.04. The van der Waals surface area contributed by atoms with Gasteiger partial charge in [0.25, 0.3) is 0 Å². The normalized spacial score (nSPS) is 11.7. The van der Waals surface area contributed by atoms with E-state index in [2.05, 4.69) is 5.32 Å². The summed E-state index contributed by atoms with van der Waals surface area (Å²) < 4.78 is 13.1. The maximum atomic E-state index is 13.1. The van der Waals surface area contributed by atoms with Gasteiger partial charge in [-0.2, -0.15) is 5.26 Å². The van der Waals surface area contributed by atoms with E-state index in [-0.39, 0.29) is 11.8 Å². The molecule has 0 aliphatic rings. The van der Waals surface area contributed by atoms with Gasteiger partial charge in [0.15, 0.2) is 0 Å². The molecule has 20 heavy (non-hydrogen) atoms. The largest absolute Gasteiger partial charge is 0.508 e. The van der Waals surface area contributed by atoms with Gasteiger partial charge in [-0.05, 0) is 49.2 Å². The van der Waals surface area contributed by atoms with Crippen molar-refractivity contribution in [2.45, 2.75) is 19.4 Å². The minimum atomic E-state index is -0.418. The van der Waals surface area contributed by atoms with Crippen molar-refractivity contribution in [3.05, 3.63) is 59.4 Å². The first-order valence-corrected chi connectivity index (χ1v) is 6.32. The lowest BCUT2D eigenvalue weighted by molar-refractivity contribution is 0.475. The molecule has 0 aromatic heterocycles. The zero-order chi connectivity index (χ0) is 14.5. The van der Waals surface area contributed by atoms with Gasteiger partial charge in [-0.25, -0.2) is 4.39 Å². The summed E-state index contributed by atoms with van der Waals surface area (Å²) in [6.07, 6.45) is 0.739. The summed E-state index contributed by atoms with van der Waals surface area (Å²) in [5.74, 6) is -0.182. The van der Waals surface area contributed by atoms with Crippen molar-refractivity contribution in [2.75, 3.05) is 5.32 Å². The molecule has 0 radical (unpaired) electrons. The van der Waals surface area contributed by atoms with E-state index in [4.69, 9.17) is 5.26 Å². The number of benzene rings is 2. The second kappa shape index (κ2) is 6.07. The molecule has 0 aliphatic carbocycles. The number of nitrogens with one attached hydrogen (secondary N) is 1. The zero-order valence-electron chi connectivity index (χ0n) is 11.1. The van der Waals surface area contributed by atoms with Gasteiger partial charge in [0.05, 0.1) is 11.3 Å². The Morgan fingerprint density at radius 1 is 1.25 bits per heavy atom. The van der Waals surface area contributed by atoms with Gasteiger partial charge in [-0.1, -0.05) is 12.1 Å². The molecule has 102 valence electrons. The van der Waals surface area contributed by atoms with Gasteiger partial charge < -0.3 is 10.4 Å². The Kier molecular flexibility index (Phi) is 4.21. The van der Waals surface area contributed by atoms with Gasteiger partial charge in [-0.3, -0.25) is 0 Å². The van der Waals surface area contributed by atoms with Crippen molar-refractivity contribution in [3.63, 3.8) is 0 Å². The summed E-state index contributed by atoms with van der Waals surface area (Å²) in [7, 11) is 0. The average molecular weight is 270 g/mol. The Morgan fingerprint density at radius 2 is 1.95 bits per heavy atom. The Morgan fingerprint density at radius 3 is 2.60 bits per heavy atom. The van der Waals surface area contributed by atoms with E-state index in [0.717, 1.165) is 12.0 Å². The predicted molar refractivity (Wildman–Crippen MR) is 76.0 cm³/mol. The van der Waals surface area contributed by atoms with Crippen LogP contribution in [0, 0.1) is 17.1 Å². The summed E-state index contributed by atoms with van der Waals surface area (Å²) in [5.41, 5.74) is 1.99. The number of hydrogen-bond acceptors (Lipinski definition) is 3. The van der Waals surface area contributed by atoms with Crippen LogP contribution in [0.4, 0.5) is 10.1 Å². The maximum absolute atomic E-state index is 13.1. The van der Waals surface area contributed by atoms with E-state index in [1.165, 1.54) is 12.1 Å². The number of rotatable bonds is 4. The van der Waals surface area contributed by atoms with E-state index in [0.29, 0.717) is 11.3 Å². The summed E-state index contributed by atoms with van der Waals surface area (Å²) in [4.78, 5) is 0. The molecule has 0 saturated carbocycles. The molecular weight excluding hydrogens is 255 g/mol. The Balaban J connectivity index is 2.06. The number of halogens is 1. The molecule has 1 unspecified atom stereocenters. The first-order chi connectivity index (χ1) is 9.58. The first-order valence-electron chi connectivity index (χ1n) is 6.32. The van der Waals surface area contributed by atoms with Crippen molar-refractivity contribution in [1.82, 2.24) is 0 Å². The van der Waals surface area contributed by atoms with Crippen LogP contribution in [0.1, 0.15) is 18.1 Å². The highest BCUT2D eigenvalue weighted by atomic mass is 19.1. The lowest BCUT2D eigenvalue weighted by atomic mass is 10.1. The summed E-state index contributed by atoms with van der Waals surface area (Å²) >= 11 is 0. The van der Waals surface area contributed by atoms with Crippen LogP contribution in [0.2, 0.25) is 0 Å². The number of nitriles is 1. The highest BCUT2D eigenvalue weighted by Crippen LogP contribution is 2.18. The molecule has 0 aliphatic heterocycles. The van der Waals surface area contributed by atoms with Crippen molar-refractivity contribution in [1.29, 1.82) is 5.26 Å². The molecule has 0 fully saturated rings. The van der Waals surface area contributed by atoms with E-state index in [9.17, 15) is 9.50 Å². The quantitative estimate of drug-likeness (QED) is 0.894. The third-order valence-electron chi connectivity index (χ3n) is 2.98. The first kappa shape index (κ1) is 13.9. The molecule has 0 amide bonds. The zero-order valence-corrected chi connectivity index (χ0v) is 11.1. The van der Waals surface area contributed by atoms with Crippen LogP contribution in [0.5, 0.6) is 5.75 Å². The van der Waals surface area contributed by atoms with Crippen LogP contribution >= 0.6 is 0 Å². The standard InChI is InChI=1S/C16H15FN2O/c1-11(8-12-2-5-15(20)6-3-12)19-16-7-4-14(17)9-13(16)10-18/h2-7,9,11,19-20H,8H2,1H3. The molecule has 2 N–H and O–H groups in total. The topological polar surface area (TPSA) is 56.0 Å². The smallest absolute Gasteiger partial charge is 0.124 e. The SMILES string of the molecule is CC(Cc1ccc(O)cc1)Nc1ccc(F)cc1C#N. The number of anilines is 1. The van der Waals surface area contributed by atoms with Crippen LogP contribution in [0.3, 0.4) is 0 Å². The van der Waals surface area contributed by atoms with Crippen LogP contribution in [-0.2, 0) is 6.42 Å². The fraction of sp³-hybridized carbons (Fsp3) is 0.188. The third-order valence-corrected chi connectivity index (χ3v) is 2.98. The summed E-state index contributed by atoms with van der Waals surface area (Å²) in [6.45, 7) is 1.98. The van der Waals surface area contributed by atoms with Crippen LogP contribution in [0.15, 0.2) is 42.5 Å². The minimum absolute atomic E-state index is 0.0807. The number of nitrogens with zero attached hydrogens (tertiary/aromatic N) is 1.